The molecule has 1 aromatic carbocycles. The van der Waals surface area contributed by atoms with Crippen LogP contribution in [0, 0.1) is 0 Å². The largest absolute Gasteiger partial charge is 0.352 e. The van der Waals surface area contributed by atoms with Crippen LogP contribution in [0.25, 0.3) is 0 Å². The number of nitrogens with one attached hydrogen (secondary N) is 1. The number of carbonyl (C=O) groups is 1. The summed E-state index contributed by atoms with van der Waals surface area (Å²) in [5, 5.41) is 2.91. The van der Waals surface area contributed by atoms with Gasteiger partial charge in [0, 0.05) is 11.4 Å². The third-order valence-electron chi connectivity index (χ3n) is 2.13. The van der Waals surface area contributed by atoms with Gasteiger partial charge in [-0.2, -0.15) is 0 Å². The molecule has 0 saturated carbocycles. The second kappa shape index (κ2) is 7.34. The molecular weight excluding hydrogens is 218 g/mol. The minimum absolute atomic E-state index is 0.0426. The van der Waals surface area contributed by atoms with Crippen LogP contribution < -0.4 is 5.32 Å². The Labute approximate surface area is 102 Å². The molecule has 0 unspecified atom stereocenters. The minimum atomic E-state index is 0.0426. The van der Waals surface area contributed by atoms with Crippen molar-refractivity contribution in [2.24, 2.45) is 0 Å². The molecule has 1 N–H and O–H groups in total. The van der Waals surface area contributed by atoms with Gasteiger partial charge in [0.15, 0.2) is 0 Å². The van der Waals surface area contributed by atoms with Gasteiger partial charge in [0.1, 0.15) is 0 Å². The molecule has 0 heterocycles. The average Bonchev–Trinajstić information content (AvgIpc) is 2.33. The van der Waals surface area contributed by atoms with E-state index in [1.54, 1.807) is 11.8 Å². The molecule has 0 atom stereocenters. The van der Waals surface area contributed by atoms with Crippen molar-refractivity contribution in [2.45, 2.75) is 31.6 Å². The fraction of sp³-hybridized carbons (Fsp3) is 0.462. The number of rotatable bonds is 6. The van der Waals surface area contributed by atoms with Crippen molar-refractivity contribution in [1.29, 1.82) is 0 Å². The summed E-state index contributed by atoms with van der Waals surface area (Å²) in [7, 11) is 0. The lowest BCUT2D eigenvalue weighted by atomic mass is 10.2. The molecule has 0 aliphatic carbocycles. The summed E-state index contributed by atoms with van der Waals surface area (Å²) in [6, 6.07) is 7.80. The van der Waals surface area contributed by atoms with E-state index in [-0.39, 0.29) is 5.91 Å². The summed E-state index contributed by atoms with van der Waals surface area (Å²) in [5.41, 5.74) is 0.800. The van der Waals surface area contributed by atoms with E-state index < -0.39 is 0 Å². The van der Waals surface area contributed by atoms with Gasteiger partial charge in [0.05, 0.1) is 5.56 Å². The van der Waals surface area contributed by atoms with Gasteiger partial charge in [0.25, 0.3) is 5.91 Å². The molecule has 88 valence electrons. The predicted molar refractivity (Wildman–Crippen MR) is 70.1 cm³/mol. The van der Waals surface area contributed by atoms with Crippen LogP contribution in [0.2, 0.25) is 0 Å². The van der Waals surface area contributed by atoms with Crippen molar-refractivity contribution >= 4 is 17.7 Å². The third-order valence-corrected chi connectivity index (χ3v) is 3.41. The Hall–Kier alpha value is -0.960. The second-order valence-corrected chi connectivity index (χ2v) is 4.74. The van der Waals surface area contributed by atoms with Gasteiger partial charge >= 0.3 is 0 Å². The zero-order chi connectivity index (χ0) is 11.8. The lowest BCUT2D eigenvalue weighted by Crippen LogP contribution is -2.24. The number of benzene rings is 1. The van der Waals surface area contributed by atoms with E-state index in [0.29, 0.717) is 0 Å². The van der Waals surface area contributed by atoms with Gasteiger partial charge in [-0.15, -0.1) is 11.8 Å². The molecule has 0 bridgehead atoms. The first-order valence-electron chi connectivity index (χ1n) is 5.79. The Bertz CT molecular complexity index is 338. The van der Waals surface area contributed by atoms with Crippen molar-refractivity contribution in [1.82, 2.24) is 5.32 Å². The van der Waals surface area contributed by atoms with Crippen molar-refractivity contribution in [2.75, 3.05) is 12.3 Å². The Morgan fingerprint density at radius 3 is 2.69 bits per heavy atom. The molecule has 0 radical (unpaired) electrons. The zero-order valence-electron chi connectivity index (χ0n) is 9.95. The van der Waals surface area contributed by atoms with Crippen LogP contribution in [0.5, 0.6) is 0 Å². The van der Waals surface area contributed by atoms with Crippen molar-refractivity contribution < 1.29 is 4.79 Å². The molecule has 0 spiro atoms. The molecule has 0 aliphatic heterocycles. The van der Waals surface area contributed by atoms with Crippen LogP contribution in [0.1, 0.15) is 37.0 Å². The summed E-state index contributed by atoms with van der Waals surface area (Å²) in [5.74, 6) is 1.10. The molecule has 0 fully saturated rings. The summed E-state index contributed by atoms with van der Waals surface area (Å²) < 4.78 is 0. The SMILES string of the molecule is CCCNC(=O)c1ccccc1SCCC. The molecule has 3 heteroatoms. The summed E-state index contributed by atoms with van der Waals surface area (Å²) in [6.07, 6.45) is 2.09. The number of amides is 1. The Morgan fingerprint density at radius 1 is 1.25 bits per heavy atom. The fourth-order valence-electron chi connectivity index (χ4n) is 1.33. The normalized spacial score (nSPS) is 10.1. The van der Waals surface area contributed by atoms with Crippen LogP contribution in [0.4, 0.5) is 0 Å². The number of hydrogen-bond acceptors (Lipinski definition) is 2. The molecule has 2 nitrogen and oxygen atoms in total. The van der Waals surface area contributed by atoms with Crippen LogP contribution in [0.3, 0.4) is 0 Å². The van der Waals surface area contributed by atoms with Crippen molar-refractivity contribution in [3.63, 3.8) is 0 Å². The molecule has 0 aliphatic rings. The Balaban J connectivity index is 2.73. The van der Waals surface area contributed by atoms with E-state index in [0.717, 1.165) is 35.6 Å². The van der Waals surface area contributed by atoms with E-state index in [1.807, 2.05) is 24.3 Å². The van der Waals surface area contributed by atoms with Gasteiger partial charge in [-0.3, -0.25) is 4.79 Å². The second-order valence-electron chi connectivity index (χ2n) is 3.60. The standard InChI is InChI=1S/C13H19NOS/c1-3-9-14-13(15)11-7-5-6-8-12(11)16-10-4-2/h5-8H,3-4,9-10H2,1-2H3,(H,14,15). The third kappa shape index (κ3) is 3.89. The predicted octanol–water partition coefficient (Wildman–Crippen LogP) is 3.33. The molecule has 1 amide bonds. The van der Waals surface area contributed by atoms with Crippen LogP contribution >= 0.6 is 11.8 Å². The van der Waals surface area contributed by atoms with Gasteiger partial charge in [-0.05, 0) is 30.7 Å². The highest BCUT2D eigenvalue weighted by atomic mass is 32.2. The quantitative estimate of drug-likeness (QED) is 0.769. The monoisotopic (exact) mass is 237 g/mol. The number of thioether (sulfide) groups is 1. The Morgan fingerprint density at radius 2 is 2.00 bits per heavy atom. The van der Waals surface area contributed by atoms with Gasteiger partial charge < -0.3 is 5.32 Å². The first-order chi connectivity index (χ1) is 7.79. The average molecular weight is 237 g/mol. The van der Waals surface area contributed by atoms with Crippen molar-refractivity contribution in [3.8, 4) is 0 Å². The number of carbonyl (C=O) groups excluding carboxylic acids is 1. The lowest BCUT2D eigenvalue weighted by molar-refractivity contribution is 0.0951. The maximum atomic E-state index is 11.9. The smallest absolute Gasteiger partial charge is 0.252 e. The van der Waals surface area contributed by atoms with Crippen LogP contribution in [-0.4, -0.2) is 18.2 Å². The van der Waals surface area contributed by atoms with Gasteiger partial charge in [0.2, 0.25) is 0 Å². The van der Waals surface area contributed by atoms with E-state index in [9.17, 15) is 4.79 Å². The molecular formula is C13H19NOS. The van der Waals surface area contributed by atoms with E-state index in [1.165, 1.54) is 0 Å². The van der Waals surface area contributed by atoms with Gasteiger partial charge in [-0.25, -0.2) is 0 Å². The maximum absolute atomic E-state index is 11.9. The highest BCUT2D eigenvalue weighted by Gasteiger charge is 2.09. The topological polar surface area (TPSA) is 29.1 Å². The lowest BCUT2D eigenvalue weighted by Gasteiger charge is -2.08. The Kier molecular flexibility index (Phi) is 6.01. The van der Waals surface area contributed by atoms with E-state index in [2.05, 4.69) is 19.2 Å². The van der Waals surface area contributed by atoms with Gasteiger partial charge in [-0.1, -0.05) is 26.0 Å². The summed E-state index contributed by atoms with van der Waals surface area (Å²) in [6.45, 7) is 4.94. The first kappa shape index (κ1) is 13.1. The highest BCUT2D eigenvalue weighted by molar-refractivity contribution is 7.99. The van der Waals surface area contributed by atoms with Crippen LogP contribution in [0.15, 0.2) is 29.2 Å². The highest BCUT2D eigenvalue weighted by Crippen LogP contribution is 2.23. The summed E-state index contributed by atoms with van der Waals surface area (Å²) >= 11 is 1.75. The molecule has 0 aromatic heterocycles. The van der Waals surface area contributed by atoms with Crippen molar-refractivity contribution in [3.05, 3.63) is 29.8 Å². The van der Waals surface area contributed by atoms with E-state index >= 15 is 0 Å². The summed E-state index contributed by atoms with van der Waals surface area (Å²) in [4.78, 5) is 12.9. The molecule has 0 saturated heterocycles. The minimum Gasteiger partial charge on any atom is -0.352 e. The maximum Gasteiger partial charge on any atom is 0.252 e. The van der Waals surface area contributed by atoms with E-state index in [4.69, 9.17) is 0 Å². The molecule has 1 aromatic rings. The number of hydrogen-bond donors (Lipinski definition) is 1. The zero-order valence-corrected chi connectivity index (χ0v) is 10.8. The molecule has 1 rings (SSSR count). The fourth-order valence-corrected chi connectivity index (χ4v) is 2.24. The first-order valence-corrected chi connectivity index (χ1v) is 6.78. The molecule has 16 heavy (non-hydrogen) atoms. The van der Waals surface area contributed by atoms with Crippen LogP contribution in [-0.2, 0) is 0 Å².